The van der Waals surface area contributed by atoms with Gasteiger partial charge in [-0.25, -0.2) is 9.18 Å². The van der Waals surface area contributed by atoms with Gasteiger partial charge in [0, 0.05) is 5.92 Å². The molecule has 1 rings (SSSR count). The molecule has 0 aliphatic rings. The van der Waals surface area contributed by atoms with Crippen LogP contribution in [0, 0.1) is 17.7 Å². The number of halogens is 4. The van der Waals surface area contributed by atoms with Crippen LogP contribution in [-0.2, 0) is 15.7 Å². The highest BCUT2D eigenvalue weighted by Crippen LogP contribution is 2.32. The molecule has 0 aliphatic carbocycles. The highest BCUT2D eigenvalue weighted by atomic mass is 19.4. The van der Waals surface area contributed by atoms with Gasteiger partial charge in [0.2, 0.25) is 0 Å². The molecule has 0 saturated heterocycles. The van der Waals surface area contributed by atoms with Crippen molar-refractivity contribution in [3.05, 3.63) is 35.1 Å². The molecule has 0 amide bonds. The van der Waals surface area contributed by atoms with Crippen LogP contribution in [0.4, 0.5) is 17.6 Å². The number of hydrogen-bond acceptors (Lipinski definition) is 2. The van der Waals surface area contributed by atoms with Crippen molar-refractivity contribution in [1.29, 1.82) is 0 Å². The lowest BCUT2D eigenvalue weighted by molar-refractivity contribution is -0.140. The van der Waals surface area contributed by atoms with Crippen molar-refractivity contribution < 1.29 is 27.1 Å². The predicted molar refractivity (Wildman–Crippen MR) is 50.3 cm³/mol. The zero-order valence-electron chi connectivity index (χ0n) is 8.56. The summed E-state index contributed by atoms with van der Waals surface area (Å²) in [6, 6.07) is 2.65. The summed E-state index contributed by atoms with van der Waals surface area (Å²) in [6.45, 7) is 0. The molecule has 0 spiro atoms. The summed E-state index contributed by atoms with van der Waals surface area (Å²) in [5.74, 6) is 1.37. The largest absolute Gasteiger partial charge is 0.459 e. The summed E-state index contributed by atoms with van der Waals surface area (Å²) >= 11 is 0. The summed E-state index contributed by atoms with van der Waals surface area (Å²) in [5.41, 5.74) is -1.93. The summed E-state index contributed by atoms with van der Waals surface area (Å²) in [7, 11) is 1.06. The van der Waals surface area contributed by atoms with Crippen molar-refractivity contribution in [3.63, 3.8) is 0 Å². The summed E-state index contributed by atoms with van der Waals surface area (Å²) in [5, 5.41) is 0. The smallest absolute Gasteiger partial charge is 0.419 e. The minimum absolute atomic E-state index is 0.509. The number of alkyl halides is 3. The minimum atomic E-state index is -4.80. The topological polar surface area (TPSA) is 26.3 Å². The Kier molecular flexibility index (Phi) is 3.73. The number of carbonyl (C=O) groups excluding carboxylic acids is 1. The van der Waals surface area contributed by atoms with E-state index in [0.29, 0.717) is 6.07 Å². The lowest BCUT2D eigenvalue weighted by Gasteiger charge is -2.08. The lowest BCUT2D eigenvalue weighted by atomic mass is 10.1. The number of methoxy groups -OCH3 is 1. The molecule has 0 fully saturated rings. The molecule has 6 heteroatoms. The Labute approximate surface area is 94.2 Å². The third-order valence-corrected chi connectivity index (χ3v) is 1.79. The standard InChI is InChI=1S/C11H6F4O2/c1-17-9(16)6-5-7-3-2-4-8(10(7)12)11(13,14)15/h2-4H,1H3. The van der Waals surface area contributed by atoms with Crippen LogP contribution in [0.15, 0.2) is 18.2 Å². The molecule has 0 radical (unpaired) electrons. The van der Waals surface area contributed by atoms with Gasteiger partial charge in [-0.3, -0.25) is 0 Å². The third-order valence-electron chi connectivity index (χ3n) is 1.79. The van der Waals surface area contributed by atoms with Crippen LogP contribution < -0.4 is 0 Å². The molecule has 0 unspecified atom stereocenters. The lowest BCUT2D eigenvalue weighted by Crippen LogP contribution is -2.09. The van der Waals surface area contributed by atoms with Crippen molar-refractivity contribution in [2.45, 2.75) is 6.18 Å². The molecule has 0 atom stereocenters. The van der Waals surface area contributed by atoms with Crippen molar-refractivity contribution in [2.24, 2.45) is 0 Å². The molecule has 0 N–H and O–H groups in total. The van der Waals surface area contributed by atoms with Crippen molar-refractivity contribution >= 4 is 5.97 Å². The fourth-order valence-electron chi connectivity index (χ4n) is 1.02. The number of benzene rings is 1. The van der Waals surface area contributed by atoms with E-state index >= 15 is 0 Å². The normalized spacial score (nSPS) is 10.4. The van der Waals surface area contributed by atoms with E-state index < -0.39 is 29.1 Å². The number of ether oxygens (including phenoxy) is 1. The van der Waals surface area contributed by atoms with Crippen molar-refractivity contribution in [1.82, 2.24) is 0 Å². The highest BCUT2D eigenvalue weighted by Gasteiger charge is 2.34. The predicted octanol–water partition coefficient (Wildman–Crippen LogP) is 2.37. The number of carbonyl (C=O) groups is 1. The fourth-order valence-corrected chi connectivity index (χ4v) is 1.02. The second-order valence-corrected chi connectivity index (χ2v) is 2.91. The zero-order valence-corrected chi connectivity index (χ0v) is 8.56. The molecule has 1 aromatic carbocycles. The van der Waals surface area contributed by atoms with E-state index in [4.69, 9.17) is 0 Å². The average molecular weight is 246 g/mol. The van der Waals surface area contributed by atoms with Gasteiger partial charge in [-0.2, -0.15) is 13.2 Å². The quantitative estimate of drug-likeness (QED) is 0.399. The Bertz CT molecular complexity index is 494. The van der Waals surface area contributed by atoms with Crippen molar-refractivity contribution in [2.75, 3.05) is 7.11 Å². The summed E-state index contributed by atoms with van der Waals surface area (Å²) in [6.07, 6.45) is -4.80. The SMILES string of the molecule is COC(=O)C#Cc1cccc(C(F)(F)F)c1F. The first kappa shape index (κ1) is 13.0. The summed E-state index contributed by atoms with van der Waals surface area (Å²) < 4.78 is 54.4. The van der Waals surface area contributed by atoms with Gasteiger partial charge in [-0.1, -0.05) is 12.0 Å². The van der Waals surface area contributed by atoms with Gasteiger partial charge < -0.3 is 4.74 Å². The fraction of sp³-hybridized carbons (Fsp3) is 0.182. The van der Waals surface area contributed by atoms with Gasteiger partial charge in [0.1, 0.15) is 0 Å². The van der Waals surface area contributed by atoms with E-state index in [1.54, 1.807) is 0 Å². The van der Waals surface area contributed by atoms with Crippen LogP contribution in [0.5, 0.6) is 0 Å². The minimum Gasteiger partial charge on any atom is -0.459 e. The van der Waals surface area contributed by atoms with Crippen LogP contribution in [0.25, 0.3) is 0 Å². The monoisotopic (exact) mass is 246 g/mol. The first-order valence-corrected chi connectivity index (χ1v) is 4.32. The van der Waals surface area contributed by atoms with E-state index in [1.165, 1.54) is 0 Å². The van der Waals surface area contributed by atoms with Gasteiger partial charge in [0.05, 0.1) is 18.2 Å². The molecule has 0 aliphatic heterocycles. The number of esters is 1. The van der Waals surface area contributed by atoms with E-state index in [2.05, 4.69) is 4.74 Å². The van der Waals surface area contributed by atoms with Crippen LogP contribution in [0.3, 0.4) is 0 Å². The molecule has 1 aromatic rings. The molecule has 0 bridgehead atoms. The molecule has 2 nitrogen and oxygen atoms in total. The second-order valence-electron chi connectivity index (χ2n) is 2.91. The highest BCUT2D eigenvalue weighted by molar-refractivity contribution is 5.89. The zero-order chi connectivity index (χ0) is 13.1. The average Bonchev–Trinajstić information content (AvgIpc) is 2.25. The Hall–Kier alpha value is -2.03. The molecule has 0 aromatic heterocycles. The Morgan fingerprint density at radius 3 is 2.53 bits per heavy atom. The Morgan fingerprint density at radius 1 is 1.35 bits per heavy atom. The van der Waals surface area contributed by atoms with E-state index in [1.807, 2.05) is 11.8 Å². The van der Waals surface area contributed by atoms with Crippen LogP contribution in [0.1, 0.15) is 11.1 Å². The van der Waals surface area contributed by atoms with E-state index in [-0.39, 0.29) is 0 Å². The van der Waals surface area contributed by atoms with Gasteiger partial charge in [-0.05, 0) is 12.1 Å². The molecule has 0 heterocycles. The van der Waals surface area contributed by atoms with Gasteiger partial charge in [0.15, 0.2) is 5.82 Å². The van der Waals surface area contributed by atoms with Gasteiger partial charge >= 0.3 is 12.1 Å². The second kappa shape index (κ2) is 4.87. The van der Waals surface area contributed by atoms with Gasteiger partial charge in [-0.15, -0.1) is 0 Å². The van der Waals surface area contributed by atoms with Crippen LogP contribution in [-0.4, -0.2) is 13.1 Å². The molecule has 90 valence electrons. The third kappa shape index (κ3) is 3.21. The maximum absolute atomic E-state index is 13.3. The number of rotatable bonds is 0. The molecular weight excluding hydrogens is 240 g/mol. The first-order chi connectivity index (χ1) is 7.86. The van der Waals surface area contributed by atoms with Gasteiger partial charge in [0.25, 0.3) is 0 Å². The van der Waals surface area contributed by atoms with E-state index in [0.717, 1.165) is 19.2 Å². The van der Waals surface area contributed by atoms with Crippen LogP contribution in [0.2, 0.25) is 0 Å². The van der Waals surface area contributed by atoms with Crippen molar-refractivity contribution in [3.8, 4) is 11.8 Å². The maximum atomic E-state index is 13.3. The summed E-state index contributed by atoms with van der Waals surface area (Å²) in [4.78, 5) is 10.6. The molecular formula is C11H6F4O2. The van der Waals surface area contributed by atoms with E-state index in [9.17, 15) is 22.4 Å². The van der Waals surface area contributed by atoms with Crippen LogP contribution >= 0.6 is 0 Å². The maximum Gasteiger partial charge on any atom is 0.419 e. The molecule has 0 saturated carbocycles. The Balaban J connectivity index is 3.19. The first-order valence-electron chi connectivity index (χ1n) is 4.32. The number of hydrogen-bond donors (Lipinski definition) is 0. The Morgan fingerprint density at radius 2 is 2.00 bits per heavy atom. The molecule has 17 heavy (non-hydrogen) atoms.